The summed E-state index contributed by atoms with van der Waals surface area (Å²) in [7, 11) is 3.00. The third kappa shape index (κ3) is 2.85. The van der Waals surface area contributed by atoms with Gasteiger partial charge in [0.2, 0.25) is 5.88 Å². The van der Waals surface area contributed by atoms with E-state index in [0.717, 1.165) is 12.1 Å². The van der Waals surface area contributed by atoms with E-state index in [0.29, 0.717) is 22.4 Å². The molecule has 0 saturated carbocycles. The Hall–Kier alpha value is -2.96. The first-order chi connectivity index (χ1) is 11.1. The molecule has 0 aliphatic rings. The predicted molar refractivity (Wildman–Crippen MR) is 79.1 cm³/mol. The van der Waals surface area contributed by atoms with E-state index in [1.807, 2.05) is 0 Å². The summed E-state index contributed by atoms with van der Waals surface area (Å²) in [5, 5.41) is 0.508. The maximum Gasteiger partial charge on any atom is 0.230 e. The zero-order valence-electron chi connectivity index (χ0n) is 12.3. The molecule has 118 valence electrons. The second-order valence-electron chi connectivity index (χ2n) is 4.58. The lowest BCUT2D eigenvalue weighted by Gasteiger charge is -2.11. The quantitative estimate of drug-likeness (QED) is 0.734. The number of aromatic nitrogens is 2. The summed E-state index contributed by atoms with van der Waals surface area (Å²) in [6.07, 6.45) is 1.28. The van der Waals surface area contributed by atoms with Gasteiger partial charge in [-0.3, -0.25) is 0 Å². The third-order valence-electron chi connectivity index (χ3n) is 3.20. The molecule has 0 bridgehead atoms. The van der Waals surface area contributed by atoms with Crippen LogP contribution >= 0.6 is 0 Å². The number of halogens is 2. The molecule has 0 aliphatic carbocycles. The minimum atomic E-state index is -0.822. The fraction of sp³-hybridized carbons (Fsp3) is 0.125. The molecule has 0 aliphatic heterocycles. The van der Waals surface area contributed by atoms with Crippen molar-refractivity contribution in [3.8, 4) is 23.1 Å². The van der Waals surface area contributed by atoms with E-state index in [2.05, 4.69) is 9.97 Å². The maximum absolute atomic E-state index is 13.7. The zero-order valence-corrected chi connectivity index (χ0v) is 12.3. The monoisotopic (exact) mass is 318 g/mol. The highest BCUT2D eigenvalue weighted by atomic mass is 19.1. The van der Waals surface area contributed by atoms with Crippen LogP contribution in [0.2, 0.25) is 0 Å². The smallest absolute Gasteiger partial charge is 0.230 e. The van der Waals surface area contributed by atoms with E-state index < -0.39 is 11.6 Å². The van der Waals surface area contributed by atoms with E-state index in [9.17, 15) is 8.78 Å². The van der Waals surface area contributed by atoms with Gasteiger partial charge in [0.25, 0.3) is 0 Å². The molecule has 0 spiro atoms. The highest BCUT2D eigenvalue weighted by Crippen LogP contribution is 2.36. The van der Waals surface area contributed by atoms with Gasteiger partial charge in [-0.25, -0.2) is 18.7 Å². The van der Waals surface area contributed by atoms with Gasteiger partial charge in [-0.05, 0) is 18.2 Å². The Labute approximate surface area is 130 Å². The van der Waals surface area contributed by atoms with Crippen LogP contribution in [0.4, 0.5) is 8.78 Å². The van der Waals surface area contributed by atoms with Crippen LogP contribution in [0.25, 0.3) is 10.9 Å². The molecule has 23 heavy (non-hydrogen) atoms. The SMILES string of the molecule is COc1cc2ncnc(Oc3ccc(F)cc3F)c2cc1OC. The maximum atomic E-state index is 13.7. The predicted octanol–water partition coefficient (Wildman–Crippen LogP) is 3.72. The van der Waals surface area contributed by atoms with Gasteiger partial charge < -0.3 is 14.2 Å². The van der Waals surface area contributed by atoms with Crippen molar-refractivity contribution < 1.29 is 23.0 Å². The minimum absolute atomic E-state index is 0.126. The van der Waals surface area contributed by atoms with Crippen molar-refractivity contribution in [2.24, 2.45) is 0 Å². The first-order valence-corrected chi connectivity index (χ1v) is 6.62. The van der Waals surface area contributed by atoms with Crippen LogP contribution < -0.4 is 14.2 Å². The molecule has 1 aromatic heterocycles. The summed E-state index contributed by atoms with van der Waals surface area (Å²) in [4.78, 5) is 8.13. The fourth-order valence-electron chi connectivity index (χ4n) is 2.10. The topological polar surface area (TPSA) is 53.5 Å². The van der Waals surface area contributed by atoms with Gasteiger partial charge in [0.15, 0.2) is 23.1 Å². The van der Waals surface area contributed by atoms with Gasteiger partial charge in [0.1, 0.15) is 12.1 Å². The van der Waals surface area contributed by atoms with Crippen LogP contribution in [0.5, 0.6) is 23.1 Å². The largest absolute Gasteiger partial charge is 0.493 e. The van der Waals surface area contributed by atoms with Crippen molar-refractivity contribution in [1.82, 2.24) is 9.97 Å². The van der Waals surface area contributed by atoms with Crippen LogP contribution in [0.1, 0.15) is 0 Å². The van der Waals surface area contributed by atoms with Crippen LogP contribution in [0.15, 0.2) is 36.7 Å². The summed E-state index contributed by atoms with van der Waals surface area (Å²) in [6, 6.07) is 6.32. The van der Waals surface area contributed by atoms with Gasteiger partial charge in [-0.1, -0.05) is 0 Å². The highest BCUT2D eigenvalue weighted by Gasteiger charge is 2.14. The zero-order chi connectivity index (χ0) is 16.4. The van der Waals surface area contributed by atoms with E-state index in [1.54, 1.807) is 12.1 Å². The van der Waals surface area contributed by atoms with Gasteiger partial charge in [-0.15, -0.1) is 0 Å². The van der Waals surface area contributed by atoms with E-state index in [-0.39, 0.29) is 11.6 Å². The van der Waals surface area contributed by atoms with Crippen LogP contribution in [0.3, 0.4) is 0 Å². The lowest BCUT2D eigenvalue weighted by atomic mass is 10.2. The van der Waals surface area contributed by atoms with E-state index >= 15 is 0 Å². The molecule has 0 fully saturated rings. The van der Waals surface area contributed by atoms with Crippen LogP contribution in [0, 0.1) is 11.6 Å². The first-order valence-electron chi connectivity index (χ1n) is 6.62. The van der Waals surface area contributed by atoms with Gasteiger partial charge in [0, 0.05) is 12.1 Å². The first kappa shape index (κ1) is 15.0. The molecule has 2 aromatic carbocycles. The van der Waals surface area contributed by atoms with Crippen molar-refractivity contribution in [3.05, 3.63) is 48.3 Å². The molecule has 0 N–H and O–H groups in total. The number of methoxy groups -OCH3 is 2. The highest BCUT2D eigenvalue weighted by molar-refractivity contribution is 5.87. The lowest BCUT2D eigenvalue weighted by Crippen LogP contribution is -1.96. The molecule has 7 heteroatoms. The lowest BCUT2D eigenvalue weighted by molar-refractivity contribution is 0.355. The Morgan fingerprint density at radius 2 is 1.61 bits per heavy atom. The Morgan fingerprint density at radius 3 is 2.30 bits per heavy atom. The third-order valence-corrected chi connectivity index (χ3v) is 3.20. The number of fused-ring (bicyclic) bond motifs is 1. The number of rotatable bonds is 4. The normalized spacial score (nSPS) is 10.6. The molecule has 3 aromatic rings. The average molecular weight is 318 g/mol. The van der Waals surface area contributed by atoms with Crippen LogP contribution in [-0.2, 0) is 0 Å². The number of ether oxygens (including phenoxy) is 3. The molecule has 1 heterocycles. The van der Waals surface area contributed by atoms with E-state index in [4.69, 9.17) is 14.2 Å². The molecule has 3 rings (SSSR count). The molecule has 0 amide bonds. The molecule has 0 unspecified atom stereocenters. The van der Waals surface area contributed by atoms with Gasteiger partial charge in [0.05, 0.1) is 25.1 Å². The Kier molecular flexibility index (Phi) is 3.92. The minimum Gasteiger partial charge on any atom is -0.493 e. The number of benzene rings is 2. The summed E-state index contributed by atoms with van der Waals surface area (Å²) >= 11 is 0. The fourth-order valence-corrected chi connectivity index (χ4v) is 2.10. The summed E-state index contributed by atoms with van der Waals surface area (Å²) in [5.74, 6) is -0.564. The summed E-state index contributed by atoms with van der Waals surface area (Å²) in [5.41, 5.74) is 0.537. The number of hydrogen-bond acceptors (Lipinski definition) is 5. The molecule has 5 nitrogen and oxygen atoms in total. The van der Waals surface area contributed by atoms with Crippen LogP contribution in [-0.4, -0.2) is 24.2 Å². The van der Waals surface area contributed by atoms with Gasteiger partial charge in [-0.2, -0.15) is 0 Å². The van der Waals surface area contributed by atoms with Crippen molar-refractivity contribution in [2.75, 3.05) is 14.2 Å². The van der Waals surface area contributed by atoms with Crippen molar-refractivity contribution >= 4 is 10.9 Å². The van der Waals surface area contributed by atoms with Crippen molar-refractivity contribution in [3.63, 3.8) is 0 Å². The number of hydrogen-bond donors (Lipinski definition) is 0. The Bertz CT molecular complexity index is 871. The Morgan fingerprint density at radius 1 is 0.870 bits per heavy atom. The second kappa shape index (κ2) is 6.04. The van der Waals surface area contributed by atoms with Crippen molar-refractivity contribution in [1.29, 1.82) is 0 Å². The molecule has 0 atom stereocenters. The summed E-state index contributed by atoms with van der Waals surface area (Å²) in [6.45, 7) is 0. The second-order valence-corrected chi connectivity index (χ2v) is 4.58. The summed E-state index contributed by atoms with van der Waals surface area (Å²) < 4.78 is 42.6. The molecular formula is C16H12F2N2O3. The van der Waals surface area contributed by atoms with E-state index in [1.165, 1.54) is 26.6 Å². The van der Waals surface area contributed by atoms with Gasteiger partial charge >= 0.3 is 0 Å². The molecular weight excluding hydrogens is 306 g/mol. The molecule has 0 radical (unpaired) electrons. The number of nitrogens with zero attached hydrogens (tertiary/aromatic N) is 2. The molecule has 0 saturated heterocycles. The van der Waals surface area contributed by atoms with Crippen molar-refractivity contribution in [2.45, 2.75) is 0 Å². The Balaban J connectivity index is 2.10. The standard InChI is InChI=1S/C16H12F2N2O3/c1-21-14-6-10-12(7-15(14)22-2)19-8-20-16(10)23-13-4-3-9(17)5-11(13)18/h3-8H,1-2H3. The average Bonchev–Trinajstić information content (AvgIpc) is 2.56.